The predicted molar refractivity (Wildman–Crippen MR) is 66.3 cm³/mol. The van der Waals surface area contributed by atoms with Gasteiger partial charge in [0.15, 0.2) is 0 Å². The largest absolute Gasteiger partial charge is 0.591 e. The number of hydrogen-bond acceptors (Lipinski definition) is 4. The summed E-state index contributed by atoms with van der Waals surface area (Å²) in [6.07, 6.45) is 3.19. The molecule has 1 unspecified atom stereocenters. The molecule has 1 atom stereocenters. The molecule has 0 amide bonds. The Morgan fingerprint density at radius 1 is 1.44 bits per heavy atom. The SMILES string of the molecule is COc1ccc(C=N[S+]([O-])C(C)(C)C)cn1. The number of nitrogens with zero attached hydrogens (tertiary/aromatic N) is 2. The molecular formula is C11H16N2O2S. The van der Waals surface area contributed by atoms with E-state index in [1.54, 1.807) is 25.6 Å². The average Bonchev–Trinajstić information content (AvgIpc) is 2.25. The number of methoxy groups -OCH3 is 1. The van der Waals surface area contributed by atoms with E-state index in [9.17, 15) is 4.55 Å². The van der Waals surface area contributed by atoms with Crippen LogP contribution in [0.1, 0.15) is 26.3 Å². The highest BCUT2D eigenvalue weighted by molar-refractivity contribution is 7.91. The van der Waals surface area contributed by atoms with Gasteiger partial charge in [-0.3, -0.25) is 0 Å². The minimum absolute atomic E-state index is 0.337. The van der Waals surface area contributed by atoms with Gasteiger partial charge in [0.2, 0.25) is 5.88 Å². The van der Waals surface area contributed by atoms with Gasteiger partial charge in [-0.15, -0.1) is 0 Å². The number of rotatable bonds is 3. The maximum atomic E-state index is 11.6. The molecule has 1 aromatic heterocycles. The molecule has 0 aliphatic heterocycles. The monoisotopic (exact) mass is 240 g/mol. The van der Waals surface area contributed by atoms with Gasteiger partial charge in [0.1, 0.15) is 16.1 Å². The van der Waals surface area contributed by atoms with Gasteiger partial charge in [-0.05, 0) is 26.8 Å². The summed E-state index contributed by atoms with van der Waals surface area (Å²) in [5, 5.41) is 0. The molecule has 0 aromatic carbocycles. The molecule has 5 heteroatoms. The highest BCUT2D eigenvalue weighted by Gasteiger charge is 2.25. The van der Waals surface area contributed by atoms with E-state index in [2.05, 4.69) is 9.38 Å². The lowest BCUT2D eigenvalue weighted by Crippen LogP contribution is -2.25. The molecule has 88 valence electrons. The molecule has 0 N–H and O–H groups in total. The van der Waals surface area contributed by atoms with Gasteiger partial charge in [-0.1, -0.05) is 4.40 Å². The molecule has 0 spiro atoms. The maximum absolute atomic E-state index is 11.6. The van der Waals surface area contributed by atoms with Crippen LogP contribution in [0.2, 0.25) is 0 Å². The first-order valence-electron chi connectivity index (χ1n) is 4.89. The third-order valence-electron chi connectivity index (χ3n) is 1.79. The molecule has 0 aliphatic carbocycles. The predicted octanol–water partition coefficient (Wildman–Crippen LogP) is 1.97. The Kier molecular flexibility index (Phi) is 4.32. The third-order valence-corrected chi connectivity index (χ3v) is 3.13. The van der Waals surface area contributed by atoms with Crippen LogP contribution in [-0.2, 0) is 11.4 Å². The maximum Gasteiger partial charge on any atom is 0.212 e. The summed E-state index contributed by atoms with van der Waals surface area (Å²) >= 11 is -1.23. The van der Waals surface area contributed by atoms with Crippen LogP contribution in [0, 0.1) is 0 Å². The highest BCUT2D eigenvalue weighted by atomic mass is 32.2. The van der Waals surface area contributed by atoms with Crippen LogP contribution in [0.25, 0.3) is 0 Å². The second-order valence-electron chi connectivity index (χ2n) is 4.23. The summed E-state index contributed by atoms with van der Waals surface area (Å²) in [5.41, 5.74) is 0.804. The van der Waals surface area contributed by atoms with Crippen LogP contribution in [0.3, 0.4) is 0 Å². The van der Waals surface area contributed by atoms with Crippen molar-refractivity contribution in [2.75, 3.05) is 7.11 Å². The number of hydrogen-bond donors (Lipinski definition) is 0. The standard InChI is InChI=1S/C11H16N2O2S/c1-11(2,3)16(14)13-8-9-5-6-10(15-4)12-7-9/h5-8H,1-4H3. The van der Waals surface area contributed by atoms with Crippen molar-refractivity contribution in [2.24, 2.45) is 4.40 Å². The fourth-order valence-electron chi connectivity index (χ4n) is 0.856. The van der Waals surface area contributed by atoms with Crippen LogP contribution in [-0.4, -0.2) is 27.6 Å². The van der Waals surface area contributed by atoms with E-state index >= 15 is 0 Å². The number of aromatic nitrogens is 1. The normalized spacial score (nSPS) is 14.1. The molecule has 4 nitrogen and oxygen atoms in total. The van der Waals surface area contributed by atoms with Gasteiger partial charge in [0.05, 0.1) is 13.3 Å². The zero-order valence-electron chi connectivity index (χ0n) is 9.93. The van der Waals surface area contributed by atoms with E-state index < -0.39 is 11.4 Å². The smallest absolute Gasteiger partial charge is 0.212 e. The second-order valence-corrected chi connectivity index (χ2v) is 6.16. The van der Waals surface area contributed by atoms with E-state index in [1.807, 2.05) is 26.8 Å². The summed E-state index contributed by atoms with van der Waals surface area (Å²) < 4.78 is 20.2. The number of ether oxygens (including phenoxy) is 1. The summed E-state index contributed by atoms with van der Waals surface area (Å²) in [7, 11) is 1.56. The van der Waals surface area contributed by atoms with Crippen molar-refractivity contribution in [3.05, 3.63) is 23.9 Å². The minimum atomic E-state index is -1.23. The van der Waals surface area contributed by atoms with Crippen LogP contribution in [0.5, 0.6) is 5.88 Å². The molecule has 0 fully saturated rings. The van der Waals surface area contributed by atoms with Crippen molar-refractivity contribution < 1.29 is 9.29 Å². The Bertz CT molecular complexity index is 357. The molecule has 0 saturated heterocycles. The topological polar surface area (TPSA) is 57.5 Å². The minimum Gasteiger partial charge on any atom is -0.591 e. The van der Waals surface area contributed by atoms with Crippen LogP contribution in [0.4, 0.5) is 0 Å². The quantitative estimate of drug-likeness (QED) is 0.599. The van der Waals surface area contributed by atoms with Crippen LogP contribution < -0.4 is 4.74 Å². The second kappa shape index (κ2) is 5.32. The summed E-state index contributed by atoms with van der Waals surface area (Å²) in [6, 6.07) is 3.55. The number of pyridine rings is 1. The average molecular weight is 240 g/mol. The Morgan fingerprint density at radius 3 is 2.56 bits per heavy atom. The van der Waals surface area contributed by atoms with Gasteiger partial charge < -0.3 is 9.29 Å². The van der Waals surface area contributed by atoms with E-state index in [0.717, 1.165) is 5.56 Å². The van der Waals surface area contributed by atoms with Crippen molar-refractivity contribution in [1.82, 2.24) is 4.98 Å². The molecule has 0 bridgehead atoms. The molecule has 16 heavy (non-hydrogen) atoms. The Hall–Kier alpha value is -1.07. The zero-order valence-corrected chi connectivity index (χ0v) is 10.7. The van der Waals surface area contributed by atoms with Crippen molar-refractivity contribution in [2.45, 2.75) is 25.5 Å². The lowest BCUT2D eigenvalue weighted by atomic mass is 10.3. The Balaban J connectivity index is 2.69. The molecule has 1 rings (SSSR count). The first-order valence-corrected chi connectivity index (χ1v) is 6.00. The summed E-state index contributed by atoms with van der Waals surface area (Å²) in [5.74, 6) is 0.550. The first kappa shape index (κ1) is 13.0. The van der Waals surface area contributed by atoms with Gasteiger partial charge >= 0.3 is 0 Å². The van der Waals surface area contributed by atoms with E-state index in [1.165, 1.54) is 0 Å². The molecular weight excluding hydrogens is 224 g/mol. The first-order chi connectivity index (χ1) is 7.43. The van der Waals surface area contributed by atoms with Gasteiger partial charge in [0, 0.05) is 17.8 Å². The lowest BCUT2D eigenvalue weighted by Gasteiger charge is -2.17. The Morgan fingerprint density at radius 2 is 2.12 bits per heavy atom. The summed E-state index contributed by atoms with van der Waals surface area (Å²) in [4.78, 5) is 4.02. The molecule has 0 aliphatic rings. The summed E-state index contributed by atoms with van der Waals surface area (Å²) in [6.45, 7) is 5.65. The molecule has 1 aromatic rings. The van der Waals surface area contributed by atoms with Crippen LogP contribution >= 0.6 is 0 Å². The van der Waals surface area contributed by atoms with Crippen LogP contribution in [0.15, 0.2) is 22.7 Å². The van der Waals surface area contributed by atoms with Gasteiger partial charge in [0.25, 0.3) is 0 Å². The lowest BCUT2D eigenvalue weighted by molar-refractivity contribution is 0.398. The fraction of sp³-hybridized carbons (Fsp3) is 0.455. The fourth-order valence-corrected chi connectivity index (χ4v) is 1.39. The molecule has 1 heterocycles. The van der Waals surface area contributed by atoms with Crippen molar-refractivity contribution in [1.29, 1.82) is 0 Å². The zero-order chi connectivity index (χ0) is 12.2. The van der Waals surface area contributed by atoms with Gasteiger partial charge in [-0.2, -0.15) is 0 Å². The van der Waals surface area contributed by atoms with Crippen molar-refractivity contribution in [3.8, 4) is 5.88 Å². The molecule has 0 radical (unpaired) electrons. The molecule has 0 saturated carbocycles. The van der Waals surface area contributed by atoms with E-state index in [-0.39, 0.29) is 4.75 Å². The Labute approximate surface area is 99.1 Å². The van der Waals surface area contributed by atoms with E-state index in [4.69, 9.17) is 4.74 Å². The van der Waals surface area contributed by atoms with E-state index in [0.29, 0.717) is 5.88 Å². The van der Waals surface area contributed by atoms with Gasteiger partial charge in [-0.25, -0.2) is 4.98 Å². The third kappa shape index (κ3) is 3.83. The van der Waals surface area contributed by atoms with Crippen molar-refractivity contribution >= 4 is 17.6 Å². The highest BCUT2D eigenvalue weighted by Crippen LogP contribution is 2.16. The van der Waals surface area contributed by atoms with Crippen molar-refractivity contribution in [3.63, 3.8) is 0 Å².